The van der Waals surface area contributed by atoms with Crippen molar-refractivity contribution in [1.29, 1.82) is 0 Å². The van der Waals surface area contributed by atoms with Crippen molar-refractivity contribution in [3.05, 3.63) is 30.0 Å². The quantitative estimate of drug-likeness (QED) is 0.815. The highest BCUT2D eigenvalue weighted by Crippen LogP contribution is 2.25. The van der Waals surface area contributed by atoms with Gasteiger partial charge in [0.05, 0.1) is 18.2 Å². The fourth-order valence-corrected chi connectivity index (χ4v) is 2.02. The molecule has 1 aliphatic heterocycles. The minimum Gasteiger partial charge on any atom is -0.476 e. The SMILES string of the molecule is CC1OC1Cn1nc(C(=O)O)c2ccccc21. The third kappa shape index (κ3) is 1.68. The summed E-state index contributed by atoms with van der Waals surface area (Å²) < 4.78 is 7.05. The van der Waals surface area contributed by atoms with Crippen LogP contribution in [-0.4, -0.2) is 33.1 Å². The number of carbonyl (C=O) groups is 1. The number of hydrogen-bond acceptors (Lipinski definition) is 3. The lowest BCUT2D eigenvalue weighted by Crippen LogP contribution is -2.08. The second-order valence-corrected chi connectivity index (χ2v) is 4.23. The summed E-state index contributed by atoms with van der Waals surface area (Å²) in [6.45, 7) is 2.60. The Morgan fingerprint density at radius 1 is 1.53 bits per heavy atom. The lowest BCUT2D eigenvalue weighted by Gasteiger charge is -1.99. The van der Waals surface area contributed by atoms with Gasteiger partial charge in [-0.2, -0.15) is 5.10 Å². The molecular weight excluding hydrogens is 220 g/mol. The summed E-state index contributed by atoms with van der Waals surface area (Å²) in [6, 6.07) is 7.35. The molecule has 1 aliphatic rings. The van der Waals surface area contributed by atoms with E-state index in [4.69, 9.17) is 9.84 Å². The fraction of sp³-hybridized carbons (Fsp3) is 0.333. The van der Waals surface area contributed by atoms with Crippen LogP contribution in [0, 0.1) is 0 Å². The van der Waals surface area contributed by atoms with Crippen LogP contribution in [0.1, 0.15) is 17.4 Å². The molecule has 0 saturated carbocycles. The van der Waals surface area contributed by atoms with Crippen LogP contribution in [0.5, 0.6) is 0 Å². The molecule has 0 radical (unpaired) electrons. The maximum Gasteiger partial charge on any atom is 0.357 e. The largest absolute Gasteiger partial charge is 0.476 e. The molecule has 0 aliphatic carbocycles. The van der Waals surface area contributed by atoms with Gasteiger partial charge in [-0.1, -0.05) is 18.2 Å². The molecule has 1 N–H and O–H groups in total. The van der Waals surface area contributed by atoms with Crippen LogP contribution in [0.3, 0.4) is 0 Å². The number of para-hydroxylation sites is 1. The van der Waals surface area contributed by atoms with Crippen LogP contribution in [0.4, 0.5) is 0 Å². The molecule has 2 unspecified atom stereocenters. The number of fused-ring (bicyclic) bond motifs is 1. The average Bonchev–Trinajstić information content (AvgIpc) is 2.87. The number of epoxide rings is 1. The molecule has 0 bridgehead atoms. The molecular formula is C12H12N2O3. The van der Waals surface area contributed by atoms with E-state index >= 15 is 0 Å². The lowest BCUT2D eigenvalue weighted by molar-refractivity contribution is 0.0691. The van der Waals surface area contributed by atoms with Gasteiger partial charge in [0.2, 0.25) is 0 Å². The number of hydrogen-bond donors (Lipinski definition) is 1. The van der Waals surface area contributed by atoms with Crippen molar-refractivity contribution >= 4 is 16.9 Å². The standard InChI is InChI=1S/C12H12N2O3/c1-7-10(17-7)6-14-9-5-3-2-4-8(9)11(13-14)12(15)16/h2-5,7,10H,6H2,1H3,(H,15,16). The Bertz CT molecular complexity index is 590. The smallest absolute Gasteiger partial charge is 0.357 e. The van der Waals surface area contributed by atoms with Crippen LogP contribution < -0.4 is 0 Å². The van der Waals surface area contributed by atoms with Gasteiger partial charge in [0, 0.05) is 5.39 Å². The number of benzene rings is 1. The highest BCUT2D eigenvalue weighted by molar-refractivity contribution is 6.01. The average molecular weight is 232 g/mol. The van der Waals surface area contributed by atoms with Gasteiger partial charge in [0.15, 0.2) is 5.69 Å². The molecule has 88 valence electrons. The van der Waals surface area contributed by atoms with Crippen LogP contribution in [0.15, 0.2) is 24.3 Å². The van der Waals surface area contributed by atoms with E-state index in [9.17, 15) is 4.79 Å². The first-order chi connectivity index (χ1) is 8.16. The van der Waals surface area contributed by atoms with Gasteiger partial charge in [-0.3, -0.25) is 4.68 Å². The van der Waals surface area contributed by atoms with E-state index < -0.39 is 5.97 Å². The highest BCUT2D eigenvalue weighted by Gasteiger charge is 2.35. The summed E-state index contributed by atoms with van der Waals surface area (Å²) in [5, 5.41) is 13.9. The van der Waals surface area contributed by atoms with Gasteiger partial charge in [-0.25, -0.2) is 4.79 Å². The lowest BCUT2D eigenvalue weighted by atomic mass is 10.2. The molecule has 17 heavy (non-hydrogen) atoms. The van der Waals surface area contributed by atoms with Crippen molar-refractivity contribution in [1.82, 2.24) is 9.78 Å². The van der Waals surface area contributed by atoms with Gasteiger partial charge < -0.3 is 9.84 Å². The van der Waals surface area contributed by atoms with Gasteiger partial charge >= 0.3 is 5.97 Å². The Balaban J connectivity index is 2.08. The summed E-state index contributed by atoms with van der Waals surface area (Å²) in [7, 11) is 0. The van der Waals surface area contributed by atoms with Crippen molar-refractivity contribution in [2.24, 2.45) is 0 Å². The molecule has 1 fully saturated rings. The zero-order valence-electron chi connectivity index (χ0n) is 9.33. The molecule has 3 rings (SSSR count). The fourth-order valence-electron chi connectivity index (χ4n) is 2.02. The Morgan fingerprint density at radius 2 is 2.24 bits per heavy atom. The van der Waals surface area contributed by atoms with E-state index in [0.717, 1.165) is 5.52 Å². The topological polar surface area (TPSA) is 67.7 Å². The Labute approximate surface area is 97.6 Å². The van der Waals surface area contributed by atoms with E-state index in [0.29, 0.717) is 11.9 Å². The van der Waals surface area contributed by atoms with Crippen molar-refractivity contribution in [3.8, 4) is 0 Å². The molecule has 0 amide bonds. The van der Waals surface area contributed by atoms with E-state index in [1.807, 2.05) is 25.1 Å². The molecule has 5 nitrogen and oxygen atoms in total. The number of carboxylic acid groups (broad SMARTS) is 1. The van der Waals surface area contributed by atoms with Crippen molar-refractivity contribution in [3.63, 3.8) is 0 Å². The maximum absolute atomic E-state index is 11.1. The zero-order chi connectivity index (χ0) is 12.0. The van der Waals surface area contributed by atoms with Crippen molar-refractivity contribution in [2.75, 3.05) is 0 Å². The molecule has 2 aromatic rings. The Kier molecular flexibility index (Phi) is 2.16. The summed E-state index contributed by atoms with van der Waals surface area (Å²) >= 11 is 0. The number of aromatic carboxylic acids is 1. The molecule has 2 atom stereocenters. The van der Waals surface area contributed by atoms with Crippen molar-refractivity contribution < 1.29 is 14.6 Å². The van der Waals surface area contributed by atoms with Crippen LogP contribution >= 0.6 is 0 Å². The molecule has 0 spiro atoms. The third-order valence-electron chi connectivity index (χ3n) is 3.05. The van der Waals surface area contributed by atoms with E-state index in [1.165, 1.54) is 0 Å². The molecule has 1 aromatic heterocycles. The molecule has 1 saturated heterocycles. The summed E-state index contributed by atoms with van der Waals surface area (Å²) in [6.07, 6.45) is 0.395. The van der Waals surface area contributed by atoms with Gasteiger partial charge in [-0.15, -0.1) is 0 Å². The second-order valence-electron chi connectivity index (χ2n) is 4.23. The summed E-state index contributed by atoms with van der Waals surface area (Å²) in [5.41, 5.74) is 0.946. The second kappa shape index (κ2) is 3.56. The third-order valence-corrected chi connectivity index (χ3v) is 3.05. The van der Waals surface area contributed by atoms with Crippen LogP contribution in [0.2, 0.25) is 0 Å². The number of ether oxygens (including phenoxy) is 1. The van der Waals surface area contributed by atoms with Crippen LogP contribution in [0.25, 0.3) is 10.9 Å². The predicted molar refractivity (Wildman–Crippen MR) is 61.0 cm³/mol. The maximum atomic E-state index is 11.1. The number of aromatic nitrogens is 2. The van der Waals surface area contributed by atoms with Gasteiger partial charge in [-0.05, 0) is 13.0 Å². The van der Waals surface area contributed by atoms with Gasteiger partial charge in [0.1, 0.15) is 6.10 Å². The first-order valence-electron chi connectivity index (χ1n) is 5.51. The van der Waals surface area contributed by atoms with Crippen LogP contribution in [-0.2, 0) is 11.3 Å². The van der Waals surface area contributed by atoms with Crippen molar-refractivity contribution in [2.45, 2.75) is 25.7 Å². The monoisotopic (exact) mass is 232 g/mol. The van der Waals surface area contributed by atoms with Gasteiger partial charge in [0.25, 0.3) is 0 Å². The molecule has 1 aromatic carbocycles. The Morgan fingerprint density at radius 3 is 2.88 bits per heavy atom. The summed E-state index contributed by atoms with van der Waals surface area (Å²) in [4.78, 5) is 11.1. The zero-order valence-corrected chi connectivity index (χ0v) is 9.33. The normalized spacial score (nSPS) is 22.9. The van der Waals surface area contributed by atoms with E-state index in [-0.39, 0.29) is 17.9 Å². The predicted octanol–water partition coefficient (Wildman–Crippen LogP) is 1.52. The first-order valence-corrected chi connectivity index (χ1v) is 5.51. The Hall–Kier alpha value is -1.88. The first kappa shape index (κ1) is 10.3. The number of nitrogens with zero attached hydrogens (tertiary/aromatic N) is 2. The summed E-state index contributed by atoms with van der Waals surface area (Å²) in [5.74, 6) is -0.996. The highest BCUT2D eigenvalue weighted by atomic mass is 16.6. The molecule has 2 heterocycles. The van der Waals surface area contributed by atoms with E-state index in [1.54, 1.807) is 10.7 Å². The number of carboxylic acids is 1. The van der Waals surface area contributed by atoms with E-state index in [2.05, 4.69) is 5.10 Å². The minimum absolute atomic E-state index is 0.105. The number of rotatable bonds is 3. The molecule has 5 heteroatoms. The minimum atomic E-state index is -0.996.